The van der Waals surface area contributed by atoms with E-state index in [0.29, 0.717) is 16.9 Å². The van der Waals surface area contributed by atoms with E-state index in [1.165, 1.54) is 6.07 Å². The third-order valence-electron chi connectivity index (χ3n) is 1.99. The molecule has 5 heteroatoms. The van der Waals surface area contributed by atoms with Crippen molar-refractivity contribution in [3.05, 3.63) is 23.8 Å². The van der Waals surface area contributed by atoms with E-state index in [9.17, 15) is 4.79 Å². The van der Waals surface area contributed by atoms with Gasteiger partial charge in [-0.2, -0.15) is 5.26 Å². The van der Waals surface area contributed by atoms with Gasteiger partial charge in [0, 0.05) is 5.69 Å². The fraction of sp³-hybridized carbons (Fsp3) is 0.333. The number of nitriles is 1. The summed E-state index contributed by atoms with van der Waals surface area (Å²) in [6, 6.07) is 6.71. The second kappa shape index (κ2) is 5.87. The van der Waals surface area contributed by atoms with Crippen LogP contribution in [0.2, 0.25) is 0 Å². The maximum absolute atomic E-state index is 11.5. The Morgan fingerprint density at radius 3 is 2.88 bits per heavy atom. The van der Waals surface area contributed by atoms with E-state index in [1.807, 2.05) is 19.9 Å². The van der Waals surface area contributed by atoms with E-state index in [4.69, 9.17) is 15.7 Å². The molecule has 0 unspecified atom stereocenters. The molecule has 0 spiro atoms. The van der Waals surface area contributed by atoms with E-state index >= 15 is 0 Å². The van der Waals surface area contributed by atoms with Crippen LogP contribution in [0.4, 0.5) is 11.4 Å². The van der Waals surface area contributed by atoms with Crippen molar-refractivity contribution in [1.29, 1.82) is 5.26 Å². The molecule has 0 aliphatic heterocycles. The average molecular weight is 233 g/mol. The van der Waals surface area contributed by atoms with Gasteiger partial charge in [0.05, 0.1) is 17.4 Å². The number of hydrogen-bond donors (Lipinski definition) is 2. The number of ether oxygens (including phenoxy) is 1. The van der Waals surface area contributed by atoms with Gasteiger partial charge < -0.3 is 15.8 Å². The third-order valence-corrected chi connectivity index (χ3v) is 1.99. The normalized spacial score (nSPS) is 10.0. The van der Waals surface area contributed by atoms with Crippen LogP contribution in [0.3, 0.4) is 0 Å². The SMILES string of the molecule is CC(C)OCC(=O)Nc1ccc(N)cc1C#N. The lowest BCUT2D eigenvalue weighted by Gasteiger charge is -2.09. The highest BCUT2D eigenvalue weighted by molar-refractivity contribution is 5.93. The van der Waals surface area contributed by atoms with Crippen LogP contribution < -0.4 is 11.1 Å². The number of nitrogens with two attached hydrogens (primary N) is 1. The van der Waals surface area contributed by atoms with Crippen molar-refractivity contribution in [2.24, 2.45) is 0 Å². The smallest absolute Gasteiger partial charge is 0.250 e. The maximum atomic E-state index is 11.5. The molecule has 0 heterocycles. The van der Waals surface area contributed by atoms with Gasteiger partial charge in [-0.1, -0.05) is 0 Å². The second-order valence-electron chi connectivity index (χ2n) is 3.82. The van der Waals surface area contributed by atoms with E-state index < -0.39 is 0 Å². The van der Waals surface area contributed by atoms with Crippen LogP contribution in [0.25, 0.3) is 0 Å². The van der Waals surface area contributed by atoms with Crippen molar-refractivity contribution in [3.8, 4) is 6.07 Å². The zero-order valence-corrected chi connectivity index (χ0v) is 9.86. The first-order valence-electron chi connectivity index (χ1n) is 5.24. The second-order valence-corrected chi connectivity index (χ2v) is 3.82. The molecule has 17 heavy (non-hydrogen) atoms. The molecule has 0 fully saturated rings. The predicted molar refractivity (Wildman–Crippen MR) is 65.3 cm³/mol. The molecule has 1 aromatic carbocycles. The van der Waals surface area contributed by atoms with Gasteiger partial charge >= 0.3 is 0 Å². The molecule has 1 rings (SSSR count). The van der Waals surface area contributed by atoms with Crippen molar-refractivity contribution in [2.45, 2.75) is 20.0 Å². The summed E-state index contributed by atoms with van der Waals surface area (Å²) in [6.45, 7) is 3.65. The number of benzene rings is 1. The Kier molecular flexibility index (Phi) is 4.49. The lowest BCUT2D eigenvalue weighted by Crippen LogP contribution is -2.21. The average Bonchev–Trinajstić information content (AvgIpc) is 2.28. The molecule has 0 bridgehead atoms. The van der Waals surface area contributed by atoms with E-state index in [2.05, 4.69) is 5.32 Å². The van der Waals surface area contributed by atoms with Crippen LogP contribution in [0.15, 0.2) is 18.2 Å². The summed E-state index contributed by atoms with van der Waals surface area (Å²) in [4.78, 5) is 11.5. The molecule has 0 saturated carbocycles. The van der Waals surface area contributed by atoms with Gasteiger partial charge in [-0.15, -0.1) is 0 Å². The Morgan fingerprint density at radius 1 is 1.59 bits per heavy atom. The van der Waals surface area contributed by atoms with Crippen LogP contribution in [-0.4, -0.2) is 18.6 Å². The zero-order chi connectivity index (χ0) is 12.8. The number of carbonyl (C=O) groups excluding carboxylic acids is 1. The number of hydrogen-bond acceptors (Lipinski definition) is 4. The van der Waals surface area contributed by atoms with Crippen LogP contribution in [-0.2, 0) is 9.53 Å². The Morgan fingerprint density at radius 2 is 2.29 bits per heavy atom. The van der Waals surface area contributed by atoms with Crippen molar-refractivity contribution in [3.63, 3.8) is 0 Å². The molecule has 0 aliphatic rings. The molecule has 0 atom stereocenters. The van der Waals surface area contributed by atoms with Gasteiger partial charge in [-0.25, -0.2) is 0 Å². The molecule has 1 amide bonds. The molecule has 0 radical (unpaired) electrons. The number of carbonyl (C=O) groups is 1. The Bertz CT molecular complexity index is 450. The molecule has 90 valence electrons. The van der Waals surface area contributed by atoms with Crippen molar-refractivity contribution < 1.29 is 9.53 Å². The summed E-state index contributed by atoms with van der Waals surface area (Å²) in [5.74, 6) is -0.292. The first-order valence-corrected chi connectivity index (χ1v) is 5.24. The number of anilines is 2. The number of amides is 1. The van der Waals surface area contributed by atoms with Crippen molar-refractivity contribution in [2.75, 3.05) is 17.7 Å². The Hall–Kier alpha value is -2.06. The van der Waals surface area contributed by atoms with Gasteiger partial charge in [-0.05, 0) is 32.0 Å². The molecule has 1 aromatic rings. The Labute approximate surface area is 100 Å². The molecule has 0 aromatic heterocycles. The van der Waals surface area contributed by atoms with Crippen LogP contribution in [0.1, 0.15) is 19.4 Å². The predicted octanol–water partition coefficient (Wildman–Crippen LogP) is 1.50. The summed E-state index contributed by atoms with van der Waals surface area (Å²) >= 11 is 0. The summed E-state index contributed by atoms with van der Waals surface area (Å²) in [5.41, 5.74) is 6.81. The molecular formula is C12H15N3O2. The number of nitrogen functional groups attached to an aromatic ring is 1. The summed E-state index contributed by atoms with van der Waals surface area (Å²) in [6.07, 6.45) is -0.0115. The topological polar surface area (TPSA) is 88.1 Å². The minimum Gasteiger partial charge on any atom is -0.399 e. The minimum absolute atomic E-state index is 0.0115. The van der Waals surface area contributed by atoms with E-state index in [0.717, 1.165) is 0 Å². The summed E-state index contributed by atoms with van der Waals surface area (Å²) in [7, 11) is 0. The summed E-state index contributed by atoms with van der Waals surface area (Å²) in [5, 5.41) is 11.5. The fourth-order valence-corrected chi connectivity index (χ4v) is 1.19. The van der Waals surface area contributed by atoms with Crippen molar-refractivity contribution in [1.82, 2.24) is 0 Å². The minimum atomic E-state index is -0.292. The highest BCUT2D eigenvalue weighted by atomic mass is 16.5. The van der Waals surface area contributed by atoms with Gasteiger partial charge in [0.25, 0.3) is 0 Å². The quantitative estimate of drug-likeness (QED) is 0.771. The van der Waals surface area contributed by atoms with Gasteiger partial charge in [0.15, 0.2) is 0 Å². The lowest BCUT2D eigenvalue weighted by molar-refractivity contribution is -0.121. The van der Waals surface area contributed by atoms with Crippen molar-refractivity contribution >= 4 is 17.3 Å². The Balaban J connectivity index is 2.69. The van der Waals surface area contributed by atoms with Crippen LogP contribution in [0.5, 0.6) is 0 Å². The number of nitrogens with zero attached hydrogens (tertiary/aromatic N) is 1. The standard InChI is InChI=1S/C12H15N3O2/c1-8(2)17-7-12(16)15-11-4-3-10(14)5-9(11)6-13/h3-5,8H,7,14H2,1-2H3,(H,15,16). The molecule has 5 nitrogen and oxygen atoms in total. The van der Waals surface area contributed by atoms with Crippen LogP contribution in [0, 0.1) is 11.3 Å². The highest BCUT2D eigenvalue weighted by Crippen LogP contribution is 2.17. The van der Waals surface area contributed by atoms with E-state index in [-0.39, 0.29) is 18.6 Å². The van der Waals surface area contributed by atoms with Gasteiger partial charge in [-0.3, -0.25) is 4.79 Å². The third kappa shape index (κ3) is 4.13. The fourth-order valence-electron chi connectivity index (χ4n) is 1.19. The molecule has 3 N–H and O–H groups in total. The first-order chi connectivity index (χ1) is 8.02. The number of rotatable bonds is 4. The number of nitrogens with one attached hydrogen (secondary N) is 1. The molecule has 0 aliphatic carbocycles. The monoisotopic (exact) mass is 233 g/mol. The van der Waals surface area contributed by atoms with Gasteiger partial charge in [0.1, 0.15) is 12.7 Å². The largest absolute Gasteiger partial charge is 0.399 e. The maximum Gasteiger partial charge on any atom is 0.250 e. The first kappa shape index (κ1) is 13.0. The van der Waals surface area contributed by atoms with E-state index in [1.54, 1.807) is 12.1 Å². The highest BCUT2D eigenvalue weighted by Gasteiger charge is 2.08. The summed E-state index contributed by atoms with van der Waals surface area (Å²) < 4.78 is 5.15. The lowest BCUT2D eigenvalue weighted by atomic mass is 10.1. The zero-order valence-electron chi connectivity index (χ0n) is 9.86. The van der Waals surface area contributed by atoms with Gasteiger partial charge in [0.2, 0.25) is 5.91 Å². The van der Waals surface area contributed by atoms with Crippen LogP contribution >= 0.6 is 0 Å². The molecule has 0 saturated heterocycles. The molecular weight excluding hydrogens is 218 g/mol.